The molecule has 0 aliphatic rings. The predicted octanol–water partition coefficient (Wildman–Crippen LogP) is 1.50. The Kier molecular flexibility index (Phi) is 19.2. The summed E-state index contributed by atoms with van der Waals surface area (Å²) in [5.74, 6) is -0.270. The highest BCUT2D eigenvalue weighted by atomic mass is 33.1. The summed E-state index contributed by atoms with van der Waals surface area (Å²) < 4.78 is 26.2. The van der Waals surface area contributed by atoms with E-state index < -0.39 is 5.97 Å². The van der Waals surface area contributed by atoms with E-state index in [2.05, 4.69) is 10.3 Å². The largest absolute Gasteiger partial charge is 0.480 e. The quantitative estimate of drug-likeness (QED) is 0.181. The van der Waals surface area contributed by atoms with Gasteiger partial charge in [-0.25, -0.2) is 9.78 Å². The van der Waals surface area contributed by atoms with Gasteiger partial charge in [0.2, 0.25) is 5.91 Å². The lowest BCUT2D eigenvalue weighted by Gasteiger charge is -2.08. The van der Waals surface area contributed by atoms with Crippen LogP contribution >= 0.6 is 21.6 Å². The maximum atomic E-state index is 11.7. The molecule has 0 spiro atoms. The molecule has 2 N–H and O–H groups in total. The lowest BCUT2D eigenvalue weighted by Crippen LogP contribution is -2.27. The molecule has 10 nitrogen and oxygen atoms in total. The smallest absolute Gasteiger partial charge is 0.329 e. The van der Waals surface area contributed by atoms with Gasteiger partial charge >= 0.3 is 5.97 Å². The van der Waals surface area contributed by atoms with Crippen molar-refractivity contribution >= 4 is 33.5 Å². The van der Waals surface area contributed by atoms with Crippen molar-refractivity contribution in [2.45, 2.75) is 11.4 Å². The second-order valence-corrected chi connectivity index (χ2v) is 8.51. The molecule has 0 bridgehead atoms. The highest BCUT2D eigenvalue weighted by molar-refractivity contribution is 8.76. The maximum Gasteiger partial charge on any atom is 0.329 e. The van der Waals surface area contributed by atoms with Crippen molar-refractivity contribution < 1.29 is 38.4 Å². The van der Waals surface area contributed by atoms with Crippen LogP contribution in [0.1, 0.15) is 6.42 Å². The first-order valence-electron chi connectivity index (χ1n) is 10.3. The number of rotatable bonds is 22. The monoisotopic (exact) mass is 492 g/mol. The Morgan fingerprint density at radius 3 is 2.03 bits per heavy atom. The van der Waals surface area contributed by atoms with Gasteiger partial charge in [0, 0.05) is 24.9 Å². The number of hydrogen-bond acceptors (Lipinski definition) is 10. The zero-order valence-electron chi connectivity index (χ0n) is 18.1. The van der Waals surface area contributed by atoms with E-state index in [0.717, 1.165) is 10.8 Å². The third-order valence-electron chi connectivity index (χ3n) is 3.48. The van der Waals surface area contributed by atoms with Gasteiger partial charge in [-0.15, -0.1) is 0 Å². The molecule has 0 aromatic carbocycles. The molecular formula is C20H32N2O8S2. The van der Waals surface area contributed by atoms with E-state index in [9.17, 15) is 9.59 Å². The lowest BCUT2D eigenvalue weighted by atomic mass is 10.4. The fraction of sp³-hybridized carbons (Fsp3) is 0.650. The first-order chi connectivity index (χ1) is 15.7. The average molecular weight is 493 g/mol. The molecule has 1 aromatic rings. The summed E-state index contributed by atoms with van der Waals surface area (Å²) in [4.78, 5) is 26.2. The highest BCUT2D eigenvalue weighted by Crippen LogP contribution is 2.29. The van der Waals surface area contributed by atoms with Gasteiger partial charge in [-0.2, -0.15) is 0 Å². The van der Waals surface area contributed by atoms with Gasteiger partial charge in [-0.1, -0.05) is 16.9 Å². The van der Waals surface area contributed by atoms with Crippen LogP contribution in [0.25, 0.3) is 0 Å². The molecule has 0 fully saturated rings. The molecular weight excluding hydrogens is 460 g/mol. The van der Waals surface area contributed by atoms with Crippen LogP contribution in [-0.2, 0) is 33.3 Å². The summed E-state index contributed by atoms with van der Waals surface area (Å²) in [6, 6.07) is 5.75. The number of nitrogens with zero attached hydrogens (tertiary/aromatic N) is 1. The van der Waals surface area contributed by atoms with Crippen molar-refractivity contribution in [2.75, 3.05) is 78.4 Å². The van der Waals surface area contributed by atoms with Crippen molar-refractivity contribution in [3.63, 3.8) is 0 Å². The zero-order chi connectivity index (χ0) is 23.1. The number of hydrogen-bond donors (Lipinski definition) is 2. The Bertz CT molecular complexity index is 598. The molecule has 0 atom stereocenters. The highest BCUT2D eigenvalue weighted by Gasteiger charge is 2.02. The number of carboxylic acids is 1. The normalized spacial score (nSPS) is 10.9. The van der Waals surface area contributed by atoms with Gasteiger partial charge in [0.05, 0.1) is 59.5 Å². The lowest BCUT2D eigenvalue weighted by molar-refractivity contribution is -0.142. The second kappa shape index (κ2) is 21.4. The third-order valence-corrected chi connectivity index (χ3v) is 5.74. The Labute approximate surface area is 196 Å². The second-order valence-electron chi connectivity index (χ2n) is 6.07. The molecule has 32 heavy (non-hydrogen) atoms. The molecule has 0 unspecified atom stereocenters. The molecule has 0 aliphatic carbocycles. The predicted molar refractivity (Wildman–Crippen MR) is 122 cm³/mol. The molecule has 12 heteroatoms. The Hall–Kier alpha value is -1.41. The van der Waals surface area contributed by atoms with Gasteiger partial charge in [0.1, 0.15) is 11.6 Å². The molecule has 1 rings (SSSR count). The molecule has 0 radical (unpaired) electrons. The van der Waals surface area contributed by atoms with Crippen molar-refractivity contribution in [3.8, 4) is 0 Å². The van der Waals surface area contributed by atoms with Crippen LogP contribution < -0.4 is 5.32 Å². The molecule has 0 saturated heterocycles. The topological polar surface area (TPSA) is 125 Å². The van der Waals surface area contributed by atoms with Gasteiger partial charge < -0.3 is 34.1 Å². The van der Waals surface area contributed by atoms with Crippen LogP contribution in [0.3, 0.4) is 0 Å². The van der Waals surface area contributed by atoms with E-state index in [1.807, 2.05) is 18.2 Å². The zero-order valence-corrected chi connectivity index (χ0v) is 19.7. The first-order valence-corrected chi connectivity index (χ1v) is 12.6. The number of carboxylic acid groups (broad SMARTS) is 1. The number of pyridine rings is 1. The molecule has 0 saturated carbocycles. The van der Waals surface area contributed by atoms with E-state index in [1.165, 1.54) is 0 Å². The van der Waals surface area contributed by atoms with Crippen LogP contribution in [0, 0.1) is 0 Å². The van der Waals surface area contributed by atoms with E-state index in [0.29, 0.717) is 65.8 Å². The van der Waals surface area contributed by atoms with Crippen molar-refractivity contribution in [2.24, 2.45) is 0 Å². The standard InChI is InChI=1S/C20H32N2O8S2/c23-18(4-16-31-32-19-3-1-2-5-22-19)21-6-7-26-8-9-27-10-11-28-12-13-29-14-15-30-17-20(24)25/h1-3,5H,4,6-17H2,(H,21,23)(H,24,25). The minimum Gasteiger partial charge on any atom is -0.480 e. The number of carbonyl (C=O) groups excluding carboxylic acids is 1. The Morgan fingerprint density at radius 1 is 0.875 bits per heavy atom. The summed E-state index contributed by atoms with van der Waals surface area (Å²) in [5.41, 5.74) is 0. The van der Waals surface area contributed by atoms with Gasteiger partial charge in [0.15, 0.2) is 0 Å². The molecule has 182 valence electrons. The molecule has 1 aromatic heterocycles. The first kappa shape index (κ1) is 28.6. The van der Waals surface area contributed by atoms with Crippen LogP contribution in [0.2, 0.25) is 0 Å². The van der Waals surface area contributed by atoms with Crippen molar-refractivity contribution in [1.29, 1.82) is 0 Å². The number of ether oxygens (including phenoxy) is 5. The van der Waals surface area contributed by atoms with Gasteiger partial charge in [-0.05, 0) is 22.9 Å². The Balaban J connectivity index is 1.73. The molecule has 1 amide bonds. The average Bonchev–Trinajstić information content (AvgIpc) is 2.79. The SMILES string of the molecule is O=C(O)COCCOCCOCCOCCOCCNC(=O)CCSSc1ccccn1. The number of amides is 1. The van der Waals surface area contributed by atoms with Crippen LogP contribution in [0.5, 0.6) is 0 Å². The number of aromatic nitrogens is 1. The summed E-state index contributed by atoms with van der Waals surface area (Å²) in [5, 5.41) is 12.1. The number of aliphatic carboxylic acids is 1. The maximum absolute atomic E-state index is 11.7. The number of carbonyl (C=O) groups is 2. The summed E-state index contributed by atoms with van der Waals surface area (Å²) in [6.07, 6.45) is 2.21. The fourth-order valence-corrected chi connectivity index (χ4v) is 3.89. The van der Waals surface area contributed by atoms with Gasteiger partial charge in [0.25, 0.3) is 0 Å². The van der Waals surface area contributed by atoms with Crippen LogP contribution in [0.15, 0.2) is 29.4 Å². The van der Waals surface area contributed by atoms with Crippen LogP contribution in [0.4, 0.5) is 0 Å². The third kappa shape index (κ3) is 19.3. The van der Waals surface area contributed by atoms with E-state index in [-0.39, 0.29) is 19.1 Å². The summed E-state index contributed by atoms with van der Waals surface area (Å²) in [7, 11) is 3.17. The summed E-state index contributed by atoms with van der Waals surface area (Å²) >= 11 is 0. The van der Waals surface area contributed by atoms with E-state index in [4.69, 9.17) is 28.8 Å². The van der Waals surface area contributed by atoms with Crippen LogP contribution in [-0.4, -0.2) is 100 Å². The van der Waals surface area contributed by atoms with Crippen molar-refractivity contribution in [1.82, 2.24) is 10.3 Å². The molecule has 0 aliphatic heterocycles. The van der Waals surface area contributed by atoms with Gasteiger partial charge in [-0.3, -0.25) is 4.79 Å². The van der Waals surface area contributed by atoms with Crippen molar-refractivity contribution in [3.05, 3.63) is 24.4 Å². The minimum atomic E-state index is -0.997. The summed E-state index contributed by atoms with van der Waals surface area (Å²) in [6.45, 7) is 3.81. The number of nitrogens with one attached hydrogen (secondary N) is 1. The van der Waals surface area contributed by atoms with E-state index >= 15 is 0 Å². The van der Waals surface area contributed by atoms with E-state index in [1.54, 1.807) is 27.8 Å². The molecule has 1 heterocycles. The fourth-order valence-electron chi connectivity index (χ4n) is 2.02. The minimum absolute atomic E-state index is 0.00730. The Morgan fingerprint density at radius 2 is 1.47 bits per heavy atom.